The topological polar surface area (TPSA) is 74.3 Å². The summed E-state index contributed by atoms with van der Waals surface area (Å²) in [7, 11) is 0. The summed E-state index contributed by atoms with van der Waals surface area (Å²) < 4.78 is 0. The largest absolute Gasteiger partial charge is 0.324 e. The first-order chi connectivity index (χ1) is 13.7. The molecule has 142 valence electrons. The minimum atomic E-state index is -0.234. The van der Waals surface area contributed by atoms with Crippen molar-refractivity contribution in [3.05, 3.63) is 66.9 Å². The van der Waals surface area contributed by atoms with Gasteiger partial charge in [0.05, 0.1) is 23.3 Å². The fourth-order valence-electron chi connectivity index (χ4n) is 3.48. The summed E-state index contributed by atoms with van der Waals surface area (Å²) in [5.74, 6) is -0.309. The molecule has 1 fully saturated rings. The van der Waals surface area contributed by atoms with E-state index in [0.29, 0.717) is 18.8 Å². The van der Waals surface area contributed by atoms with E-state index in [0.717, 1.165) is 29.4 Å². The minimum absolute atomic E-state index is 0.0747. The number of carbonyl (C=O) groups excluding carboxylic acids is 2. The van der Waals surface area contributed by atoms with Gasteiger partial charge in [-0.15, -0.1) is 0 Å². The maximum Gasteiger partial charge on any atom is 0.321 e. The average molecular weight is 374 g/mol. The molecular weight excluding hydrogens is 352 g/mol. The van der Waals surface area contributed by atoms with Gasteiger partial charge in [0.2, 0.25) is 5.91 Å². The van der Waals surface area contributed by atoms with Gasteiger partial charge in [-0.25, -0.2) is 4.79 Å². The molecule has 28 heavy (non-hydrogen) atoms. The lowest BCUT2D eigenvalue weighted by Gasteiger charge is -2.32. The molecule has 6 heteroatoms. The number of benzene rings is 2. The molecule has 1 atom stereocenters. The number of nitrogens with one attached hydrogen (secondary N) is 2. The fraction of sp³-hybridized carbons (Fsp3) is 0.227. The van der Waals surface area contributed by atoms with Crippen molar-refractivity contribution in [3.63, 3.8) is 0 Å². The Kier molecular flexibility index (Phi) is 5.19. The zero-order valence-corrected chi connectivity index (χ0v) is 15.5. The first kappa shape index (κ1) is 18.0. The second-order valence-electron chi connectivity index (χ2n) is 6.99. The minimum Gasteiger partial charge on any atom is -0.324 e. The van der Waals surface area contributed by atoms with Crippen LogP contribution in [-0.4, -0.2) is 34.9 Å². The number of likely N-dealkylation sites (tertiary alicyclic amines) is 1. The highest BCUT2D eigenvalue weighted by atomic mass is 16.2. The first-order valence-electron chi connectivity index (χ1n) is 9.46. The number of piperidine rings is 1. The van der Waals surface area contributed by atoms with E-state index in [1.807, 2.05) is 60.7 Å². The van der Waals surface area contributed by atoms with Gasteiger partial charge in [-0.1, -0.05) is 36.4 Å². The number of rotatable bonds is 3. The van der Waals surface area contributed by atoms with Gasteiger partial charge in [-0.3, -0.25) is 9.78 Å². The molecule has 1 unspecified atom stereocenters. The standard InChI is InChI=1S/C22H22N4O2/c27-21(24-19-13-16-7-4-5-11-20(16)23-14-19)17-8-6-12-26(15-17)22(28)25-18-9-2-1-3-10-18/h1-5,7,9-11,13-14,17H,6,8,12,15H2,(H,24,27)(H,25,28). The Labute approximate surface area is 163 Å². The Bertz CT molecular complexity index is 990. The molecule has 2 aromatic carbocycles. The normalized spacial score (nSPS) is 16.6. The average Bonchev–Trinajstić information content (AvgIpc) is 2.74. The number of hydrogen-bond donors (Lipinski definition) is 2. The molecule has 1 saturated heterocycles. The van der Waals surface area contributed by atoms with Crippen molar-refractivity contribution in [2.24, 2.45) is 5.92 Å². The maximum absolute atomic E-state index is 12.7. The van der Waals surface area contributed by atoms with E-state index >= 15 is 0 Å². The van der Waals surface area contributed by atoms with Crippen molar-refractivity contribution in [1.29, 1.82) is 0 Å². The van der Waals surface area contributed by atoms with Crippen LogP contribution in [0, 0.1) is 5.92 Å². The Balaban J connectivity index is 1.39. The molecule has 0 bridgehead atoms. The molecule has 1 aromatic heterocycles. The zero-order chi connectivity index (χ0) is 19.3. The molecular formula is C22H22N4O2. The summed E-state index contributed by atoms with van der Waals surface area (Å²) in [5.41, 5.74) is 2.32. The third-order valence-electron chi connectivity index (χ3n) is 4.96. The van der Waals surface area contributed by atoms with Gasteiger partial charge >= 0.3 is 6.03 Å². The molecule has 1 aliphatic heterocycles. The van der Waals surface area contributed by atoms with Gasteiger partial charge in [-0.2, -0.15) is 0 Å². The van der Waals surface area contributed by atoms with Crippen LogP contribution in [0.1, 0.15) is 12.8 Å². The summed E-state index contributed by atoms with van der Waals surface area (Å²) >= 11 is 0. The second-order valence-corrected chi connectivity index (χ2v) is 6.99. The van der Waals surface area contributed by atoms with Crippen LogP contribution in [0.15, 0.2) is 66.9 Å². The quantitative estimate of drug-likeness (QED) is 0.724. The molecule has 0 radical (unpaired) electrons. The van der Waals surface area contributed by atoms with Crippen molar-refractivity contribution in [1.82, 2.24) is 9.88 Å². The van der Waals surface area contributed by atoms with Crippen molar-refractivity contribution >= 4 is 34.2 Å². The number of amides is 3. The summed E-state index contributed by atoms with van der Waals surface area (Å²) in [5, 5.41) is 6.82. The van der Waals surface area contributed by atoms with Gasteiger partial charge in [0.15, 0.2) is 0 Å². The lowest BCUT2D eigenvalue weighted by atomic mass is 9.97. The van der Waals surface area contributed by atoms with Crippen LogP contribution >= 0.6 is 0 Å². The highest BCUT2D eigenvalue weighted by Crippen LogP contribution is 2.21. The second kappa shape index (κ2) is 8.08. The summed E-state index contributed by atoms with van der Waals surface area (Å²) in [4.78, 5) is 31.3. The highest BCUT2D eigenvalue weighted by molar-refractivity contribution is 5.95. The van der Waals surface area contributed by atoms with Crippen LogP contribution in [-0.2, 0) is 4.79 Å². The monoisotopic (exact) mass is 374 g/mol. The van der Waals surface area contributed by atoms with E-state index in [2.05, 4.69) is 15.6 Å². The number of hydrogen-bond acceptors (Lipinski definition) is 3. The van der Waals surface area contributed by atoms with Gasteiger partial charge in [0, 0.05) is 24.2 Å². The predicted octanol–water partition coefficient (Wildman–Crippen LogP) is 4.12. The number of aromatic nitrogens is 1. The summed E-state index contributed by atoms with van der Waals surface area (Å²) in [6.45, 7) is 1.06. The zero-order valence-electron chi connectivity index (χ0n) is 15.5. The van der Waals surface area contributed by atoms with Crippen LogP contribution in [0.3, 0.4) is 0 Å². The van der Waals surface area contributed by atoms with E-state index in [1.165, 1.54) is 0 Å². The smallest absolute Gasteiger partial charge is 0.321 e. The van der Waals surface area contributed by atoms with Gasteiger partial charge in [-0.05, 0) is 37.1 Å². The summed E-state index contributed by atoms with van der Waals surface area (Å²) in [6.07, 6.45) is 3.24. The fourth-order valence-corrected chi connectivity index (χ4v) is 3.48. The van der Waals surface area contributed by atoms with E-state index in [4.69, 9.17) is 0 Å². The Hall–Kier alpha value is -3.41. The number of urea groups is 1. The molecule has 2 N–H and O–H groups in total. The lowest BCUT2D eigenvalue weighted by molar-refractivity contribution is -0.121. The summed E-state index contributed by atoms with van der Waals surface area (Å²) in [6, 6.07) is 18.9. The van der Waals surface area contributed by atoms with E-state index < -0.39 is 0 Å². The van der Waals surface area contributed by atoms with Crippen molar-refractivity contribution in [2.45, 2.75) is 12.8 Å². The molecule has 3 amide bonds. The van der Waals surface area contributed by atoms with Crippen LogP contribution in [0.2, 0.25) is 0 Å². The number of nitrogens with zero attached hydrogens (tertiary/aromatic N) is 2. The number of carbonyl (C=O) groups is 2. The SMILES string of the molecule is O=C(Nc1cnc2ccccc2c1)C1CCCN(C(=O)Nc2ccccc2)C1. The Morgan fingerprint density at radius 2 is 1.75 bits per heavy atom. The van der Waals surface area contributed by atoms with Crippen molar-refractivity contribution in [3.8, 4) is 0 Å². The van der Waals surface area contributed by atoms with Crippen LogP contribution < -0.4 is 10.6 Å². The van der Waals surface area contributed by atoms with Crippen LogP contribution in [0.5, 0.6) is 0 Å². The Morgan fingerprint density at radius 1 is 0.964 bits per heavy atom. The molecule has 4 rings (SSSR count). The first-order valence-corrected chi connectivity index (χ1v) is 9.46. The number of fused-ring (bicyclic) bond motifs is 1. The van der Waals surface area contributed by atoms with Crippen LogP contribution in [0.4, 0.5) is 16.2 Å². The third-order valence-corrected chi connectivity index (χ3v) is 4.96. The van der Waals surface area contributed by atoms with Gasteiger partial charge < -0.3 is 15.5 Å². The predicted molar refractivity (Wildman–Crippen MR) is 110 cm³/mol. The Morgan fingerprint density at radius 3 is 2.61 bits per heavy atom. The van der Waals surface area contributed by atoms with E-state index in [-0.39, 0.29) is 17.9 Å². The van der Waals surface area contributed by atoms with Gasteiger partial charge in [0.1, 0.15) is 0 Å². The van der Waals surface area contributed by atoms with Crippen molar-refractivity contribution < 1.29 is 9.59 Å². The molecule has 3 aromatic rings. The van der Waals surface area contributed by atoms with Gasteiger partial charge in [0.25, 0.3) is 0 Å². The molecule has 1 aliphatic rings. The third kappa shape index (κ3) is 4.11. The molecule has 0 aliphatic carbocycles. The molecule has 0 spiro atoms. The van der Waals surface area contributed by atoms with Crippen LogP contribution in [0.25, 0.3) is 10.9 Å². The van der Waals surface area contributed by atoms with Crippen molar-refractivity contribution in [2.75, 3.05) is 23.7 Å². The number of para-hydroxylation sites is 2. The highest BCUT2D eigenvalue weighted by Gasteiger charge is 2.28. The molecule has 0 saturated carbocycles. The number of pyridine rings is 1. The van der Waals surface area contributed by atoms with E-state index in [9.17, 15) is 9.59 Å². The lowest BCUT2D eigenvalue weighted by Crippen LogP contribution is -2.45. The molecule has 6 nitrogen and oxygen atoms in total. The maximum atomic E-state index is 12.7. The molecule has 2 heterocycles. The number of anilines is 2. The van der Waals surface area contributed by atoms with E-state index in [1.54, 1.807) is 11.1 Å².